The molecule has 20 heavy (non-hydrogen) atoms. The summed E-state index contributed by atoms with van der Waals surface area (Å²) in [6.45, 7) is 7.61. The molecule has 104 valence electrons. The van der Waals surface area contributed by atoms with Crippen LogP contribution in [-0.2, 0) is 14.1 Å². The average Bonchev–Trinajstić information content (AvgIpc) is 2.78. The molecule has 0 aromatic heterocycles. The number of nitrogens with zero attached hydrogens (tertiary/aromatic N) is 1. The van der Waals surface area contributed by atoms with Gasteiger partial charge in [0.25, 0.3) is 5.91 Å². The van der Waals surface area contributed by atoms with E-state index in [4.69, 9.17) is 9.31 Å². The number of rotatable bonds is 1. The predicted octanol–water partition coefficient (Wildman–Crippen LogP) is 0.0652. The minimum absolute atomic E-state index is 0.0715. The highest BCUT2D eigenvalue weighted by Crippen LogP contribution is 2.36. The fourth-order valence-electron chi connectivity index (χ4n) is 2.25. The first-order chi connectivity index (χ1) is 9.21. The lowest BCUT2D eigenvalue weighted by molar-refractivity contribution is -0.112. The number of carbonyl (C=O) groups excluding carboxylic acids is 1. The molecule has 0 saturated carbocycles. The summed E-state index contributed by atoms with van der Waals surface area (Å²) in [5.74, 6) is -0.993. The Bertz CT molecular complexity index is 711. The molecule has 0 unspecified atom stereocenters. The molecule has 2 aliphatic rings. The Labute approximate surface area is 116 Å². The van der Waals surface area contributed by atoms with E-state index in [9.17, 15) is 9.18 Å². The molecule has 1 aromatic rings. The van der Waals surface area contributed by atoms with Crippen molar-refractivity contribution >= 4 is 24.6 Å². The van der Waals surface area contributed by atoms with Gasteiger partial charge < -0.3 is 9.31 Å². The lowest BCUT2D eigenvalue weighted by atomic mass is 9.78. The molecule has 2 heterocycles. The van der Waals surface area contributed by atoms with Gasteiger partial charge in [0.05, 0.1) is 11.2 Å². The van der Waals surface area contributed by atoms with Crippen molar-refractivity contribution in [2.75, 3.05) is 0 Å². The quantitative estimate of drug-likeness (QED) is 0.681. The lowest BCUT2D eigenvalue weighted by Crippen LogP contribution is -2.43. The standard InChI is InChI=1S/C14H15BFNO3/c1-13(2)14(3,4)20-15(19-13)9-6-5-8-7-10(18)17-12(8)11(9)16/h5-7H,1-4H3. The minimum atomic E-state index is -0.795. The normalized spacial score (nSPS) is 22.4. The first-order valence-electron chi connectivity index (χ1n) is 6.50. The molecule has 0 bridgehead atoms. The Kier molecular flexibility index (Phi) is 2.69. The van der Waals surface area contributed by atoms with Crippen LogP contribution in [0.15, 0.2) is 17.1 Å². The predicted molar refractivity (Wildman–Crippen MR) is 72.4 cm³/mol. The minimum Gasteiger partial charge on any atom is -0.399 e. The Morgan fingerprint density at radius 3 is 2.35 bits per heavy atom. The van der Waals surface area contributed by atoms with Crippen molar-refractivity contribution in [2.45, 2.75) is 38.9 Å². The summed E-state index contributed by atoms with van der Waals surface area (Å²) in [5, 5.41) is 0.565. The molecule has 1 fully saturated rings. The van der Waals surface area contributed by atoms with Crippen molar-refractivity contribution in [2.24, 2.45) is 4.99 Å². The second kappa shape index (κ2) is 3.99. The zero-order valence-corrected chi connectivity index (χ0v) is 11.9. The number of amides is 1. The molecular weight excluding hydrogens is 260 g/mol. The second-order valence-electron chi connectivity index (χ2n) is 6.09. The third kappa shape index (κ3) is 1.83. The number of benzene rings is 1. The van der Waals surface area contributed by atoms with Gasteiger partial charge in [-0.15, -0.1) is 0 Å². The maximum atomic E-state index is 14.5. The first kappa shape index (κ1) is 13.5. The molecule has 1 amide bonds. The van der Waals surface area contributed by atoms with Gasteiger partial charge in [-0.05, 0) is 27.7 Å². The molecule has 0 aliphatic carbocycles. The SMILES string of the molecule is CC1(C)OB(c2ccc3c(c2F)=NC(=O)C=3)OC1(C)C. The van der Waals surface area contributed by atoms with Crippen molar-refractivity contribution in [1.82, 2.24) is 0 Å². The average molecular weight is 275 g/mol. The summed E-state index contributed by atoms with van der Waals surface area (Å²) in [5.41, 5.74) is -0.806. The Hall–Kier alpha value is -1.53. The zero-order valence-electron chi connectivity index (χ0n) is 11.9. The number of hydrogen-bond acceptors (Lipinski definition) is 3. The van der Waals surface area contributed by atoms with Gasteiger partial charge in [0.15, 0.2) is 0 Å². The molecule has 1 saturated heterocycles. The third-order valence-corrected chi connectivity index (χ3v) is 4.19. The van der Waals surface area contributed by atoms with Crippen LogP contribution in [0.5, 0.6) is 0 Å². The van der Waals surface area contributed by atoms with Gasteiger partial charge in [-0.3, -0.25) is 4.79 Å². The highest BCUT2D eigenvalue weighted by Gasteiger charge is 2.52. The van der Waals surface area contributed by atoms with Crippen LogP contribution in [0, 0.1) is 5.82 Å². The number of fused-ring (bicyclic) bond motifs is 1. The van der Waals surface area contributed by atoms with E-state index in [1.165, 1.54) is 6.08 Å². The van der Waals surface area contributed by atoms with Crippen LogP contribution < -0.4 is 16.0 Å². The molecule has 4 nitrogen and oxygen atoms in total. The Morgan fingerprint density at radius 2 is 1.75 bits per heavy atom. The highest BCUT2D eigenvalue weighted by molar-refractivity contribution is 6.62. The maximum Gasteiger partial charge on any atom is 0.497 e. The van der Waals surface area contributed by atoms with Gasteiger partial charge in [-0.2, -0.15) is 0 Å². The van der Waals surface area contributed by atoms with Crippen molar-refractivity contribution in [3.63, 3.8) is 0 Å². The van der Waals surface area contributed by atoms with Crippen molar-refractivity contribution in [1.29, 1.82) is 0 Å². The molecule has 6 heteroatoms. The summed E-state index contributed by atoms with van der Waals surface area (Å²) in [6.07, 6.45) is 1.31. The van der Waals surface area contributed by atoms with Crippen LogP contribution in [0.2, 0.25) is 0 Å². The number of hydrogen-bond donors (Lipinski definition) is 0. The molecule has 0 atom stereocenters. The van der Waals surface area contributed by atoms with Crippen LogP contribution >= 0.6 is 0 Å². The molecule has 3 rings (SSSR count). The number of carbonyl (C=O) groups is 1. The molecule has 2 aliphatic heterocycles. The van der Waals surface area contributed by atoms with Crippen LogP contribution in [0.25, 0.3) is 6.08 Å². The number of halogens is 1. The summed E-state index contributed by atoms with van der Waals surface area (Å²) in [7, 11) is -0.795. The summed E-state index contributed by atoms with van der Waals surface area (Å²) >= 11 is 0. The van der Waals surface area contributed by atoms with E-state index < -0.39 is 30.0 Å². The van der Waals surface area contributed by atoms with E-state index in [0.29, 0.717) is 5.22 Å². The molecular formula is C14H15BFNO3. The first-order valence-corrected chi connectivity index (χ1v) is 6.50. The third-order valence-electron chi connectivity index (χ3n) is 4.19. The molecule has 0 radical (unpaired) electrons. The van der Waals surface area contributed by atoms with Crippen LogP contribution in [0.3, 0.4) is 0 Å². The fraction of sp³-hybridized carbons (Fsp3) is 0.429. The lowest BCUT2D eigenvalue weighted by Gasteiger charge is -2.32. The Morgan fingerprint density at radius 1 is 1.15 bits per heavy atom. The van der Waals surface area contributed by atoms with Crippen molar-refractivity contribution in [3.8, 4) is 0 Å². The van der Waals surface area contributed by atoms with E-state index in [1.807, 2.05) is 27.7 Å². The van der Waals surface area contributed by atoms with E-state index in [-0.39, 0.29) is 10.8 Å². The van der Waals surface area contributed by atoms with Gasteiger partial charge in [0, 0.05) is 16.8 Å². The largest absolute Gasteiger partial charge is 0.497 e. The van der Waals surface area contributed by atoms with Crippen LogP contribution in [-0.4, -0.2) is 24.2 Å². The molecule has 0 N–H and O–H groups in total. The zero-order chi connectivity index (χ0) is 14.7. The second-order valence-corrected chi connectivity index (χ2v) is 6.09. The van der Waals surface area contributed by atoms with Gasteiger partial charge in [0.1, 0.15) is 11.2 Å². The van der Waals surface area contributed by atoms with E-state index in [1.54, 1.807) is 12.1 Å². The molecule has 0 spiro atoms. The van der Waals surface area contributed by atoms with E-state index in [0.717, 1.165) is 0 Å². The van der Waals surface area contributed by atoms with E-state index >= 15 is 0 Å². The van der Waals surface area contributed by atoms with Crippen molar-refractivity contribution in [3.05, 3.63) is 28.5 Å². The van der Waals surface area contributed by atoms with Crippen LogP contribution in [0.1, 0.15) is 27.7 Å². The summed E-state index contributed by atoms with van der Waals surface area (Å²) in [4.78, 5) is 14.9. The van der Waals surface area contributed by atoms with Gasteiger partial charge >= 0.3 is 7.12 Å². The summed E-state index contributed by atoms with van der Waals surface area (Å²) in [6, 6.07) is 3.24. The molecule has 1 aromatic carbocycles. The van der Waals surface area contributed by atoms with Gasteiger partial charge in [-0.25, -0.2) is 9.38 Å². The van der Waals surface area contributed by atoms with Crippen molar-refractivity contribution < 1.29 is 18.5 Å². The highest BCUT2D eigenvalue weighted by atomic mass is 19.1. The fourth-order valence-corrected chi connectivity index (χ4v) is 2.25. The van der Waals surface area contributed by atoms with Gasteiger partial charge in [0.2, 0.25) is 0 Å². The maximum absolute atomic E-state index is 14.5. The van der Waals surface area contributed by atoms with Gasteiger partial charge in [-0.1, -0.05) is 12.1 Å². The topological polar surface area (TPSA) is 47.9 Å². The van der Waals surface area contributed by atoms with Crippen LogP contribution in [0.4, 0.5) is 4.39 Å². The summed E-state index contributed by atoms with van der Waals surface area (Å²) < 4.78 is 26.1. The Balaban J connectivity index is 2.08. The smallest absolute Gasteiger partial charge is 0.399 e. The van der Waals surface area contributed by atoms with E-state index in [2.05, 4.69) is 4.99 Å². The monoisotopic (exact) mass is 275 g/mol.